The molecular formula is C11H14N4O2. The average Bonchev–Trinajstić information content (AvgIpc) is 2.68. The third kappa shape index (κ3) is 2.20. The van der Waals surface area contributed by atoms with Crippen LogP contribution in [0.3, 0.4) is 0 Å². The average molecular weight is 234 g/mol. The number of hydrogen-bond acceptors (Lipinski definition) is 5. The molecule has 6 nitrogen and oxygen atoms in total. The fourth-order valence-corrected chi connectivity index (χ4v) is 1.66. The highest BCUT2D eigenvalue weighted by molar-refractivity contribution is 5.78. The maximum atomic E-state index is 11.2. The lowest BCUT2D eigenvalue weighted by molar-refractivity contribution is -0.138. The number of likely N-dealkylation sites (N-methyl/N-ethyl adjacent to an activating group) is 1. The molecule has 0 amide bonds. The molecular weight excluding hydrogens is 220 g/mol. The van der Waals surface area contributed by atoms with Crippen LogP contribution < -0.4 is 4.90 Å². The molecule has 2 aromatic rings. The van der Waals surface area contributed by atoms with Crippen molar-refractivity contribution in [1.29, 1.82) is 0 Å². The van der Waals surface area contributed by atoms with Crippen LogP contribution in [0.15, 0.2) is 18.5 Å². The number of ether oxygens (including phenoxy) is 1. The highest BCUT2D eigenvalue weighted by Gasteiger charge is 2.12. The van der Waals surface area contributed by atoms with Gasteiger partial charge in [0.15, 0.2) is 5.82 Å². The quantitative estimate of drug-likeness (QED) is 0.730. The van der Waals surface area contributed by atoms with Gasteiger partial charge in [-0.25, -0.2) is 9.50 Å². The van der Waals surface area contributed by atoms with Crippen molar-refractivity contribution in [3.05, 3.63) is 24.2 Å². The number of rotatable bonds is 3. The molecule has 0 radical (unpaired) electrons. The fourth-order valence-electron chi connectivity index (χ4n) is 1.66. The number of esters is 1. The molecule has 6 heteroatoms. The van der Waals surface area contributed by atoms with E-state index in [0.717, 1.165) is 11.2 Å². The number of aryl methyl sites for hydroxylation is 1. The number of fused-ring (bicyclic) bond motifs is 1. The van der Waals surface area contributed by atoms with Gasteiger partial charge >= 0.3 is 5.97 Å². The van der Waals surface area contributed by atoms with Gasteiger partial charge in [0.05, 0.1) is 12.8 Å². The Morgan fingerprint density at radius 3 is 3.06 bits per heavy atom. The summed E-state index contributed by atoms with van der Waals surface area (Å²) in [6.45, 7) is 2.07. The highest BCUT2D eigenvalue weighted by Crippen LogP contribution is 2.17. The number of carbonyl (C=O) groups is 1. The molecule has 0 aliphatic heterocycles. The first kappa shape index (κ1) is 11.4. The molecule has 2 aromatic heterocycles. The standard InChI is InChI=1S/C11H14N4O2/c1-8-6-9-11(12-4-5-15(9)13-8)14(2)7-10(16)17-3/h4-6H,7H2,1-3H3. The number of nitrogens with zero attached hydrogens (tertiary/aromatic N) is 4. The minimum Gasteiger partial charge on any atom is -0.468 e. The molecule has 0 fully saturated rings. The topological polar surface area (TPSA) is 59.7 Å². The minimum atomic E-state index is -0.299. The van der Waals surface area contributed by atoms with Gasteiger partial charge in [-0.3, -0.25) is 4.79 Å². The van der Waals surface area contributed by atoms with Gasteiger partial charge < -0.3 is 9.64 Å². The van der Waals surface area contributed by atoms with Gasteiger partial charge in [0, 0.05) is 19.4 Å². The van der Waals surface area contributed by atoms with Crippen LogP contribution >= 0.6 is 0 Å². The van der Waals surface area contributed by atoms with Gasteiger partial charge in [-0.15, -0.1) is 0 Å². The molecule has 90 valence electrons. The number of carbonyl (C=O) groups excluding carboxylic acids is 1. The maximum absolute atomic E-state index is 11.2. The molecule has 0 unspecified atom stereocenters. The van der Waals surface area contributed by atoms with Crippen LogP contribution in [0, 0.1) is 6.92 Å². The van der Waals surface area contributed by atoms with Crippen LogP contribution in [0.4, 0.5) is 5.82 Å². The molecule has 0 spiro atoms. The fraction of sp³-hybridized carbons (Fsp3) is 0.364. The lowest BCUT2D eigenvalue weighted by Crippen LogP contribution is -2.27. The zero-order valence-electron chi connectivity index (χ0n) is 10.0. The van der Waals surface area contributed by atoms with Crippen LogP contribution in [0.1, 0.15) is 5.69 Å². The third-order valence-corrected chi connectivity index (χ3v) is 2.45. The molecule has 0 saturated carbocycles. The molecule has 0 bridgehead atoms. The Morgan fingerprint density at radius 2 is 2.35 bits per heavy atom. The molecule has 2 rings (SSSR count). The normalized spacial score (nSPS) is 10.5. The van der Waals surface area contributed by atoms with E-state index >= 15 is 0 Å². The number of hydrogen-bond donors (Lipinski definition) is 0. The Bertz CT molecular complexity index is 549. The van der Waals surface area contributed by atoms with Gasteiger partial charge in [-0.1, -0.05) is 0 Å². The summed E-state index contributed by atoms with van der Waals surface area (Å²) in [7, 11) is 3.16. The first-order valence-electron chi connectivity index (χ1n) is 5.20. The molecule has 17 heavy (non-hydrogen) atoms. The largest absolute Gasteiger partial charge is 0.468 e. The zero-order chi connectivity index (χ0) is 12.4. The lowest BCUT2D eigenvalue weighted by atomic mass is 10.4. The molecule has 0 aliphatic rings. The smallest absolute Gasteiger partial charge is 0.325 e. The minimum absolute atomic E-state index is 0.160. The van der Waals surface area contributed by atoms with Crippen molar-refractivity contribution in [2.45, 2.75) is 6.92 Å². The van der Waals surface area contributed by atoms with Crippen LogP contribution in [-0.4, -0.2) is 41.3 Å². The summed E-state index contributed by atoms with van der Waals surface area (Å²) >= 11 is 0. The summed E-state index contributed by atoms with van der Waals surface area (Å²) in [6, 6.07) is 1.93. The Morgan fingerprint density at radius 1 is 1.59 bits per heavy atom. The maximum Gasteiger partial charge on any atom is 0.325 e. The number of methoxy groups -OCH3 is 1. The van der Waals surface area contributed by atoms with Crippen molar-refractivity contribution in [2.75, 3.05) is 25.6 Å². The monoisotopic (exact) mass is 234 g/mol. The van der Waals surface area contributed by atoms with E-state index in [0.29, 0.717) is 5.82 Å². The van der Waals surface area contributed by atoms with E-state index in [1.807, 2.05) is 13.0 Å². The van der Waals surface area contributed by atoms with Gasteiger partial charge in [0.2, 0.25) is 0 Å². The third-order valence-electron chi connectivity index (χ3n) is 2.45. The molecule has 0 saturated heterocycles. The van der Waals surface area contributed by atoms with Crippen molar-refractivity contribution in [3.63, 3.8) is 0 Å². The van der Waals surface area contributed by atoms with Crippen molar-refractivity contribution in [2.24, 2.45) is 0 Å². The van der Waals surface area contributed by atoms with Crippen molar-refractivity contribution in [3.8, 4) is 0 Å². The summed E-state index contributed by atoms with van der Waals surface area (Å²) in [4.78, 5) is 17.2. The Kier molecular flexibility index (Phi) is 2.95. The Labute approximate surface area is 98.8 Å². The van der Waals surface area contributed by atoms with E-state index in [1.165, 1.54) is 7.11 Å². The van der Waals surface area contributed by atoms with Crippen molar-refractivity contribution in [1.82, 2.24) is 14.6 Å². The predicted molar refractivity (Wildman–Crippen MR) is 63.0 cm³/mol. The summed E-state index contributed by atoms with van der Waals surface area (Å²) in [5.74, 6) is 0.408. The number of aromatic nitrogens is 3. The lowest BCUT2D eigenvalue weighted by Gasteiger charge is -2.16. The van der Waals surface area contributed by atoms with Gasteiger partial charge in [-0.05, 0) is 13.0 Å². The molecule has 0 N–H and O–H groups in total. The van der Waals surface area contributed by atoms with E-state index in [-0.39, 0.29) is 12.5 Å². The van der Waals surface area contributed by atoms with Gasteiger partial charge in [0.25, 0.3) is 0 Å². The van der Waals surface area contributed by atoms with E-state index < -0.39 is 0 Å². The van der Waals surface area contributed by atoms with E-state index in [2.05, 4.69) is 14.8 Å². The highest BCUT2D eigenvalue weighted by atomic mass is 16.5. The summed E-state index contributed by atoms with van der Waals surface area (Å²) < 4.78 is 6.37. The van der Waals surface area contributed by atoms with E-state index in [4.69, 9.17) is 0 Å². The number of anilines is 1. The SMILES string of the molecule is COC(=O)CN(C)c1nccn2nc(C)cc12. The van der Waals surface area contributed by atoms with Crippen molar-refractivity contribution < 1.29 is 9.53 Å². The van der Waals surface area contributed by atoms with Gasteiger partial charge in [-0.2, -0.15) is 5.10 Å². The zero-order valence-corrected chi connectivity index (χ0v) is 10.0. The van der Waals surface area contributed by atoms with E-state index in [1.54, 1.807) is 28.9 Å². The summed E-state index contributed by atoms with van der Waals surface area (Å²) in [5, 5.41) is 4.29. The first-order chi connectivity index (χ1) is 8.11. The second kappa shape index (κ2) is 4.40. The summed E-state index contributed by atoms with van der Waals surface area (Å²) in [5.41, 5.74) is 1.78. The predicted octanol–water partition coefficient (Wildman–Crippen LogP) is 0.647. The second-order valence-electron chi connectivity index (χ2n) is 3.80. The van der Waals surface area contributed by atoms with E-state index in [9.17, 15) is 4.79 Å². The summed E-state index contributed by atoms with van der Waals surface area (Å²) in [6.07, 6.45) is 3.43. The Balaban J connectivity index is 2.37. The van der Waals surface area contributed by atoms with Crippen LogP contribution in [-0.2, 0) is 9.53 Å². The molecule has 0 aromatic carbocycles. The van der Waals surface area contributed by atoms with Crippen LogP contribution in [0.2, 0.25) is 0 Å². The van der Waals surface area contributed by atoms with Crippen LogP contribution in [0.25, 0.3) is 5.52 Å². The Hall–Kier alpha value is -2.11. The second-order valence-corrected chi connectivity index (χ2v) is 3.80. The molecule has 2 heterocycles. The van der Waals surface area contributed by atoms with Crippen LogP contribution in [0.5, 0.6) is 0 Å². The first-order valence-corrected chi connectivity index (χ1v) is 5.20. The molecule has 0 aliphatic carbocycles. The van der Waals surface area contributed by atoms with Crippen molar-refractivity contribution >= 4 is 17.3 Å². The molecule has 0 atom stereocenters. The van der Waals surface area contributed by atoms with Gasteiger partial charge in [0.1, 0.15) is 12.1 Å².